The molecule has 0 aromatic heterocycles. The third kappa shape index (κ3) is 7.23. The highest BCUT2D eigenvalue weighted by Crippen LogP contribution is 2.38. The second-order valence-electron chi connectivity index (χ2n) is 11.1. The standard InChI is InChI=1S/C28H47N3O/c1-20(2)21(3)18-19-31(12)26(32)24(27(5,6)7)29-22(4)25(30(10)11)28(8,9)23-16-14-13-15-17-23/h14,16-18,24-25,29H,1,4,13,15,19H2,2-3,5-12H3/b21-18+. The van der Waals surface area contributed by atoms with Crippen molar-refractivity contribution >= 4 is 5.91 Å². The monoisotopic (exact) mass is 441 g/mol. The molecule has 1 rings (SSSR count). The zero-order chi connectivity index (χ0) is 24.9. The second-order valence-corrected chi connectivity index (χ2v) is 11.1. The van der Waals surface area contributed by atoms with E-state index in [0.717, 1.165) is 29.7 Å². The van der Waals surface area contributed by atoms with Gasteiger partial charge in [-0.2, -0.15) is 0 Å². The first-order chi connectivity index (χ1) is 14.6. The van der Waals surface area contributed by atoms with Crippen molar-refractivity contribution < 1.29 is 4.79 Å². The molecule has 1 aliphatic rings. The summed E-state index contributed by atoms with van der Waals surface area (Å²) in [6.45, 7) is 23.8. The van der Waals surface area contributed by atoms with E-state index in [-0.39, 0.29) is 28.8 Å². The fourth-order valence-corrected chi connectivity index (χ4v) is 4.31. The van der Waals surface area contributed by atoms with Crippen LogP contribution in [-0.4, -0.2) is 55.5 Å². The van der Waals surface area contributed by atoms with Gasteiger partial charge in [0.1, 0.15) is 6.04 Å². The van der Waals surface area contributed by atoms with Crippen molar-refractivity contribution in [2.75, 3.05) is 27.7 Å². The Hall–Kier alpha value is -2.07. The number of hydrogen-bond acceptors (Lipinski definition) is 3. The van der Waals surface area contributed by atoms with E-state index in [1.165, 1.54) is 5.57 Å². The van der Waals surface area contributed by atoms with Crippen LogP contribution in [0.2, 0.25) is 0 Å². The minimum Gasteiger partial charge on any atom is -0.376 e. The lowest BCUT2D eigenvalue weighted by Crippen LogP contribution is -2.55. The molecule has 4 heteroatoms. The molecule has 0 saturated carbocycles. The van der Waals surface area contributed by atoms with Crippen LogP contribution in [0.5, 0.6) is 0 Å². The summed E-state index contributed by atoms with van der Waals surface area (Å²) >= 11 is 0. The number of rotatable bonds is 10. The van der Waals surface area contributed by atoms with Crippen LogP contribution in [0.4, 0.5) is 0 Å². The molecule has 180 valence electrons. The van der Waals surface area contributed by atoms with Crippen molar-refractivity contribution in [1.82, 2.24) is 15.1 Å². The van der Waals surface area contributed by atoms with E-state index < -0.39 is 0 Å². The molecule has 0 bridgehead atoms. The van der Waals surface area contributed by atoms with E-state index in [1.54, 1.807) is 4.90 Å². The van der Waals surface area contributed by atoms with Gasteiger partial charge >= 0.3 is 0 Å². The topological polar surface area (TPSA) is 35.6 Å². The van der Waals surface area contributed by atoms with Crippen LogP contribution in [0.25, 0.3) is 0 Å². The van der Waals surface area contributed by atoms with E-state index in [0.29, 0.717) is 6.54 Å². The van der Waals surface area contributed by atoms with Crippen LogP contribution in [0, 0.1) is 10.8 Å². The summed E-state index contributed by atoms with van der Waals surface area (Å²) in [4.78, 5) is 17.5. The Balaban J connectivity index is 3.16. The summed E-state index contributed by atoms with van der Waals surface area (Å²) in [7, 11) is 6.02. The Labute approximate surface area is 197 Å². The maximum atomic E-state index is 13.5. The molecule has 0 saturated heterocycles. The van der Waals surface area contributed by atoms with Gasteiger partial charge in [-0.1, -0.05) is 83.2 Å². The summed E-state index contributed by atoms with van der Waals surface area (Å²) in [5.41, 5.74) is 3.90. The van der Waals surface area contributed by atoms with Crippen LogP contribution in [-0.2, 0) is 4.79 Å². The number of amides is 1. The number of hydrogen-bond donors (Lipinski definition) is 1. The first-order valence-electron chi connectivity index (χ1n) is 11.7. The number of carbonyl (C=O) groups is 1. The molecule has 1 aliphatic carbocycles. The zero-order valence-corrected chi connectivity index (χ0v) is 22.3. The lowest BCUT2D eigenvalue weighted by molar-refractivity contribution is -0.134. The highest BCUT2D eigenvalue weighted by atomic mass is 16.2. The first kappa shape index (κ1) is 28.0. The largest absolute Gasteiger partial charge is 0.376 e. The van der Waals surface area contributed by atoms with Gasteiger partial charge < -0.3 is 15.1 Å². The molecule has 0 heterocycles. The van der Waals surface area contributed by atoms with Gasteiger partial charge in [0.25, 0.3) is 0 Å². The molecule has 1 amide bonds. The third-order valence-corrected chi connectivity index (χ3v) is 6.43. The summed E-state index contributed by atoms with van der Waals surface area (Å²) in [5.74, 6) is 0.0662. The minimum absolute atomic E-state index is 0.0324. The van der Waals surface area contributed by atoms with Crippen molar-refractivity contribution in [2.45, 2.75) is 73.4 Å². The molecule has 0 spiro atoms. The Morgan fingerprint density at radius 3 is 2.16 bits per heavy atom. The van der Waals surface area contributed by atoms with E-state index in [9.17, 15) is 4.79 Å². The second kappa shape index (κ2) is 11.2. The van der Waals surface area contributed by atoms with Crippen molar-refractivity contribution in [1.29, 1.82) is 0 Å². The molecule has 0 radical (unpaired) electrons. The molecular formula is C28H47N3O. The number of carbonyl (C=O) groups excluding carboxylic acids is 1. The molecule has 1 N–H and O–H groups in total. The van der Waals surface area contributed by atoms with Gasteiger partial charge in [0, 0.05) is 24.7 Å². The molecule has 0 fully saturated rings. The quantitative estimate of drug-likeness (QED) is 0.441. The molecule has 2 atom stereocenters. The van der Waals surface area contributed by atoms with E-state index in [2.05, 4.69) is 96.4 Å². The molecule has 0 aliphatic heterocycles. The summed E-state index contributed by atoms with van der Waals surface area (Å²) < 4.78 is 0. The predicted molar refractivity (Wildman–Crippen MR) is 139 cm³/mol. The van der Waals surface area contributed by atoms with Gasteiger partial charge in [-0.25, -0.2) is 0 Å². The first-order valence-corrected chi connectivity index (χ1v) is 11.7. The van der Waals surface area contributed by atoms with E-state index in [4.69, 9.17) is 0 Å². The lowest BCUT2D eigenvalue weighted by Gasteiger charge is -2.44. The SMILES string of the molecule is C=C(C)/C(C)=C/CN(C)C(=O)C(NC(=C)C(N(C)C)C(C)(C)C1=CCCC=C1)C(C)(C)C. The lowest BCUT2D eigenvalue weighted by atomic mass is 9.73. The fourth-order valence-electron chi connectivity index (χ4n) is 4.31. The average molecular weight is 442 g/mol. The van der Waals surface area contributed by atoms with Gasteiger partial charge in [-0.05, 0) is 51.8 Å². The van der Waals surface area contributed by atoms with Crippen molar-refractivity contribution in [3.63, 3.8) is 0 Å². The number of nitrogens with zero attached hydrogens (tertiary/aromatic N) is 2. The van der Waals surface area contributed by atoms with Crippen molar-refractivity contribution in [3.8, 4) is 0 Å². The minimum atomic E-state index is -0.382. The average Bonchev–Trinajstić information content (AvgIpc) is 2.68. The number of nitrogens with one attached hydrogen (secondary N) is 1. The summed E-state index contributed by atoms with van der Waals surface area (Å²) in [6, 6.07) is -0.349. The Kier molecular flexibility index (Phi) is 9.77. The maximum Gasteiger partial charge on any atom is 0.245 e. The molecule has 2 unspecified atom stereocenters. The summed E-state index contributed by atoms with van der Waals surface area (Å²) in [5, 5.41) is 3.56. The van der Waals surface area contributed by atoms with Crippen LogP contribution in [0.1, 0.15) is 61.3 Å². The van der Waals surface area contributed by atoms with E-state index >= 15 is 0 Å². The third-order valence-electron chi connectivity index (χ3n) is 6.43. The van der Waals surface area contributed by atoms with Crippen LogP contribution in [0.15, 0.2) is 59.9 Å². The molecule has 0 aromatic rings. The van der Waals surface area contributed by atoms with Crippen molar-refractivity contribution in [3.05, 3.63) is 59.9 Å². The van der Waals surface area contributed by atoms with Crippen LogP contribution in [0.3, 0.4) is 0 Å². The van der Waals surface area contributed by atoms with Gasteiger partial charge in [-0.3, -0.25) is 4.79 Å². The van der Waals surface area contributed by atoms with Gasteiger partial charge in [0.05, 0.1) is 6.04 Å². The fraction of sp³-hybridized carbons (Fsp3) is 0.607. The van der Waals surface area contributed by atoms with Crippen molar-refractivity contribution in [2.24, 2.45) is 10.8 Å². The van der Waals surface area contributed by atoms with Crippen LogP contribution < -0.4 is 5.32 Å². The number of likely N-dealkylation sites (N-methyl/N-ethyl adjacent to an activating group) is 2. The molecule has 4 nitrogen and oxygen atoms in total. The highest BCUT2D eigenvalue weighted by Gasteiger charge is 2.39. The Morgan fingerprint density at radius 1 is 1.12 bits per heavy atom. The highest BCUT2D eigenvalue weighted by molar-refractivity contribution is 5.83. The Morgan fingerprint density at radius 2 is 1.72 bits per heavy atom. The molecular weight excluding hydrogens is 394 g/mol. The number of allylic oxidation sites excluding steroid dienone is 5. The maximum absolute atomic E-state index is 13.5. The summed E-state index contributed by atoms with van der Waals surface area (Å²) in [6.07, 6.45) is 11.0. The molecule has 32 heavy (non-hydrogen) atoms. The van der Waals surface area contributed by atoms with Crippen LogP contribution >= 0.6 is 0 Å². The van der Waals surface area contributed by atoms with Gasteiger partial charge in [-0.15, -0.1) is 0 Å². The normalized spacial score (nSPS) is 17.0. The van der Waals surface area contributed by atoms with Gasteiger partial charge in [0.15, 0.2) is 0 Å². The Bertz CT molecular complexity index is 790. The predicted octanol–water partition coefficient (Wildman–Crippen LogP) is 5.72. The van der Waals surface area contributed by atoms with E-state index in [1.807, 2.05) is 20.9 Å². The van der Waals surface area contributed by atoms with Gasteiger partial charge in [0.2, 0.25) is 5.91 Å². The zero-order valence-electron chi connectivity index (χ0n) is 22.3. The smallest absolute Gasteiger partial charge is 0.245 e. The molecule has 0 aromatic carbocycles.